The van der Waals surface area contributed by atoms with Crippen molar-refractivity contribution in [2.75, 3.05) is 0 Å². The van der Waals surface area contributed by atoms with Crippen LogP contribution in [0.5, 0.6) is 0 Å². The van der Waals surface area contributed by atoms with E-state index in [0.717, 1.165) is 47.0 Å². The third kappa shape index (κ3) is 4.57. The van der Waals surface area contributed by atoms with Crippen molar-refractivity contribution >= 4 is 45.3 Å². The summed E-state index contributed by atoms with van der Waals surface area (Å²) in [7, 11) is 0. The number of hydrazone groups is 1. The minimum atomic E-state index is -0.376. The van der Waals surface area contributed by atoms with Gasteiger partial charge in [-0.25, -0.2) is 10.4 Å². The predicted molar refractivity (Wildman–Crippen MR) is 151 cm³/mol. The molecule has 0 radical (unpaired) electrons. The Morgan fingerprint density at radius 2 is 1.95 bits per heavy atom. The summed E-state index contributed by atoms with van der Waals surface area (Å²) in [4.78, 5) is 33.0. The van der Waals surface area contributed by atoms with E-state index in [1.165, 1.54) is 11.1 Å². The number of aromatic nitrogens is 2. The number of nitrogens with one attached hydrogen (secondary N) is 1. The number of benzene rings is 2. The van der Waals surface area contributed by atoms with Crippen molar-refractivity contribution in [2.24, 2.45) is 5.10 Å². The van der Waals surface area contributed by atoms with Crippen molar-refractivity contribution < 1.29 is 9.21 Å². The Hall–Kier alpha value is -4.01. The normalized spacial score (nSPS) is 13.2. The average Bonchev–Trinajstić information content (AvgIpc) is 3.53. The zero-order valence-corrected chi connectivity index (χ0v) is 22.1. The second-order valence-electron chi connectivity index (χ2n) is 9.15. The standard InChI is InChI=1S/C29H23ClN4O3S/c1-17-32-28-26(23-7-2-3-8-25(23)38-28)29(36)34(17)21-11-9-18(10-12-21)27(35)33-31-16-22-13-14-24(37-22)19-5-4-6-20(30)15-19/h4-6,9-16H,2-3,7-8H2,1H3,(H,33,35)/b31-16+. The van der Waals surface area contributed by atoms with Gasteiger partial charge in [-0.2, -0.15) is 5.10 Å². The molecule has 190 valence electrons. The van der Waals surface area contributed by atoms with Crippen molar-refractivity contribution in [3.05, 3.63) is 104 Å². The minimum Gasteiger partial charge on any atom is -0.455 e. The van der Waals surface area contributed by atoms with Crippen LogP contribution >= 0.6 is 22.9 Å². The van der Waals surface area contributed by atoms with Crippen LogP contribution in [0.2, 0.25) is 5.02 Å². The molecule has 38 heavy (non-hydrogen) atoms. The summed E-state index contributed by atoms with van der Waals surface area (Å²) < 4.78 is 7.39. The largest absolute Gasteiger partial charge is 0.455 e. The van der Waals surface area contributed by atoms with Gasteiger partial charge in [0.1, 0.15) is 22.2 Å². The SMILES string of the molecule is Cc1nc2sc3c(c2c(=O)n1-c1ccc(C(=O)N/N=C/c2ccc(-c4cccc(Cl)c4)o2)cc1)CCCC3. The quantitative estimate of drug-likeness (QED) is 0.208. The molecule has 7 nitrogen and oxygen atoms in total. The number of carbonyl (C=O) groups is 1. The minimum absolute atomic E-state index is 0.0516. The van der Waals surface area contributed by atoms with Crippen molar-refractivity contribution in [2.45, 2.75) is 32.6 Å². The van der Waals surface area contributed by atoms with Crippen molar-refractivity contribution in [3.8, 4) is 17.0 Å². The molecule has 0 atom stereocenters. The topological polar surface area (TPSA) is 89.5 Å². The zero-order valence-electron chi connectivity index (χ0n) is 20.5. The molecule has 0 bridgehead atoms. The molecule has 1 amide bonds. The lowest BCUT2D eigenvalue weighted by molar-refractivity contribution is 0.0955. The van der Waals surface area contributed by atoms with Crippen LogP contribution in [-0.4, -0.2) is 21.7 Å². The van der Waals surface area contributed by atoms with E-state index in [4.69, 9.17) is 21.0 Å². The van der Waals surface area contributed by atoms with Gasteiger partial charge >= 0.3 is 0 Å². The molecule has 3 heterocycles. The zero-order chi connectivity index (χ0) is 26.2. The Balaban J connectivity index is 1.18. The second kappa shape index (κ2) is 10.0. The first-order valence-corrected chi connectivity index (χ1v) is 13.5. The van der Waals surface area contributed by atoms with Gasteiger partial charge in [0.2, 0.25) is 0 Å². The highest BCUT2D eigenvalue weighted by Gasteiger charge is 2.21. The Morgan fingerprint density at radius 1 is 1.13 bits per heavy atom. The van der Waals surface area contributed by atoms with Gasteiger partial charge in [-0.3, -0.25) is 14.2 Å². The van der Waals surface area contributed by atoms with Crippen molar-refractivity contribution in [3.63, 3.8) is 0 Å². The van der Waals surface area contributed by atoms with Gasteiger partial charge in [-0.05, 0) is 86.7 Å². The fourth-order valence-electron chi connectivity index (χ4n) is 4.81. The summed E-state index contributed by atoms with van der Waals surface area (Å²) in [6.45, 7) is 1.83. The molecule has 3 aromatic heterocycles. The maximum Gasteiger partial charge on any atom is 0.271 e. The number of thiophene rings is 1. The van der Waals surface area contributed by atoms with Gasteiger partial charge in [0, 0.05) is 21.0 Å². The van der Waals surface area contributed by atoms with E-state index in [9.17, 15) is 9.59 Å². The van der Waals surface area contributed by atoms with E-state index in [1.807, 2.05) is 31.2 Å². The number of hydrogen-bond acceptors (Lipinski definition) is 6. The number of rotatable bonds is 5. The molecular formula is C29H23ClN4O3S. The number of furan rings is 1. The lowest BCUT2D eigenvalue weighted by atomic mass is 9.97. The average molecular weight is 543 g/mol. The molecule has 6 rings (SSSR count). The van der Waals surface area contributed by atoms with E-state index in [1.54, 1.807) is 52.3 Å². The van der Waals surface area contributed by atoms with E-state index in [2.05, 4.69) is 10.5 Å². The highest BCUT2D eigenvalue weighted by molar-refractivity contribution is 7.18. The number of halogens is 1. The molecular weight excluding hydrogens is 520 g/mol. The second-order valence-corrected chi connectivity index (χ2v) is 10.7. The third-order valence-corrected chi connectivity index (χ3v) is 8.06. The molecule has 0 unspecified atom stereocenters. The van der Waals surface area contributed by atoms with Crippen LogP contribution in [0.1, 0.15) is 45.2 Å². The maximum absolute atomic E-state index is 13.5. The van der Waals surface area contributed by atoms with Gasteiger partial charge in [0.25, 0.3) is 11.5 Å². The van der Waals surface area contributed by atoms with Crippen molar-refractivity contribution in [1.29, 1.82) is 0 Å². The molecule has 1 aliphatic carbocycles. The van der Waals surface area contributed by atoms with Crippen LogP contribution in [0.25, 0.3) is 27.2 Å². The molecule has 0 saturated heterocycles. The molecule has 2 aromatic carbocycles. The van der Waals surface area contributed by atoms with E-state index in [0.29, 0.717) is 33.6 Å². The highest BCUT2D eigenvalue weighted by atomic mass is 35.5. The summed E-state index contributed by atoms with van der Waals surface area (Å²) in [5.74, 6) is 1.39. The van der Waals surface area contributed by atoms with Crippen molar-refractivity contribution in [1.82, 2.24) is 15.0 Å². The number of fused-ring (bicyclic) bond motifs is 3. The molecule has 1 N–H and O–H groups in total. The van der Waals surface area contributed by atoms with Crippen LogP contribution in [0, 0.1) is 6.92 Å². The van der Waals surface area contributed by atoms with Gasteiger partial charge < -0.3 is 4.42 Å². The monoisotopic (exact) mass is 542 g/mol. The predicted octanol–water partition coefficient (Wildman–Crippen LogP) is 6.31. The van der Waals surface area contributed by atoms with Gasteiger partial charge in [0.05, 0.1) is 17.3 Å². The van der Waals surface area contributed by atoms with Gasteiger partial charge in [-0.1, -0.05) is 23.7 Å². The summed E-state index contributed by atoms with van der Waals surface area (Å²) in [5.41, 5.74) is 5.55. The summed E-state index contributed by atoms with van der Waals surface area (Å²) in [6, 6.07) is 17.8. The van der Waals surface area contributed by atoms with Crippen LogP contribution in [0.3, 0.4) is 0 Å². The summed E-state index contributed by atoms with van der Waals surface area (Å²) >= 11 is 7.69. The summed E-state index contributed by atoms with van der Waals surface area (Å²) in [6.07, 6.45) is 5.64. The van der Waals surface area contributed by atoms with Crippen LogP contribution in [0.15, 0.2) is 75.0 Å². The number of aryl methyl sites for hydroxylation is 3. The lowest BCUT2D eigenvalue weighted by Gasteiger charge is -2.12. The first-order chi connectivity index (χ1) is 18.5. The Labute approximate surface area is 227 Å². The maximum atomic E-state index is 13.5. The molecule has 0 saturated carbocycles. The Morgan fingerprint density at radius 3 is 2.76 bits per heavy atom. The fourth-order valence-corrected chi connectivity index (χ4v) is 6.30. The Bertz CT molecular complexity index is 1770. The molecule has 0 spiro atoms. The van der Waals surface area contributed by atoms with Crippen LogP contribution in [-0.2, 0) is 12.8 Å². The van der Waals surface area contributed by atoms with Crippen LogP contribution in [0.4, 0.5) is 0 Å². The third-order valence-electron chi connectivity index (χ3n) is 6.64. The number of hydrogen-bond donors (Lipinski definition) is 1. The molecule has 0 aliphatic heterocycles. The first-order valence-electron chi connectivity index (χ1n) is 12.3. The fraction of sp³-hybridized carbons (Fsp3) is 0.172. The van der Waals surface area contributed by atoms with E-state index >= 15 is 0 Å². The summed E-state index contributed by atoms with van der Waals surface area (Å²) in [5, 5.41) is 5.37. The van der Waals surface area contributed by atoms with Crippen LogP contribution < -0.4 is 11.0 Å². The highest BCUT2D eigenvalue weighted by Crippen LogP contribution is 2.34. The molecule has 5 aromatic rings. The van der Waals surface area contributed by atoms with Gasteiger partial charge in [0.15, 0.2) is 0 Å². The lowest BCUT2D eigenvalue weighted by Crippen LogP contribution is -2.23. The molecule has 0 fully saturated rings. The number of amides is 1. The Kier molecular flexibility index (Phi) is 6.43. The molecule has 1 aliphatic rings. The number of carbonyl (C=O) groups excluding carboxylic acids is 1. The number of nitrogens with zero attached hydrogens (tertiary/aromatic N) is 3. The van der Waals surface area contributed by atoms with E-state index in [-0.39, 0.29) is 11.5 Å². The smallest absolute Gasteiger partial charge is 0.271 e. The van der Waals surface area contributed by atoms with Gasteiger partial charge in [-0.15, -0.1) is 11.3 Å². The molecule has 9 heteroatoms. The van der Waals surface area contributed by atoms with E-state index < -0.39 is 0 Å². The first kappa shape index (κ1) is 24.3.